The van der Waals surface area contributed by atoms with Gasteiger partial charge in [-0.15, -0.1) is 0 Å². The molecule has 0 radical (unpaired) electrons. The van der Waals surface area contributed by atoms with Gasteiger partial charge in [0.25, 0.3) is 5.91 Å². The molecule has 20 heavy (non-hydrogen) atoms. The van der Waals surface area contributed by atoms with Crippen molar-refractivity contribution >= 4 is 40.7 Å². The van der Waals surface area contributed by atoms with Gasteiger partial charge in [-0.3, -0.25) is 14.5 Å². The Morgan fingerprint density at radius 1 is 1.25 bits per heavy atom. The molecule has 0 unspecified atom stereocenters. The molecule has 108 valence electrons. The van der Waals surface area contributed by atoms with Crippen molar-refractivity contribution in [2.75, 3.05) is 11.4 Å². The average molecular weight is 315 g/mol. The number of rotatable bonds is 3. The van der Waals surface area contributed by atoms with Gasteiger partial charge in [-0.2, -0.15) is 0 Å². The SMILES string of the molecule is CCC1(CC)NC(=O)CN(c2ccc(Cl)cc2Cl)C1=O. The zero-order chi connectivity index (χ0) is 14.9. The Morgan fingerprint density at radius 2 is 1.90 bits per heavy atom. The summed E-state index contributed by atoms with van der Waals surface area (Å²) in [6.45, 7) is 3.74. The molecule has 1 heterocycles. The van der Waals surface area contributed by atoms with E-state index in [1.165, 1.54) is 4.90 Å². The fourth-order valence-electron chi connectivity index (χ4n) is 2.46. The van der Waals surface area contributed by atoms with Crippen molar-refractivity contribution in [2.24, 2.45) is 0 Å². The Balaban J connectivity index is 2.45. The number of piperazine rings is 1. The standard InChI is InChI=1S/C14H16Cl2N2O2/c1-3-14(4-2)13(20)18(8-12(19)17-14)11-6-5-9(15)7-10(11)16/h5-7H,3-4,8H2,1-2H3,(H,17,19). The number of amides is 2. The molecular formula is C14H16Cl2N2O2. The van der Waals surface area contributed by atoms with Crippen LogP contribution in [-0.2, 0) is 9.59 Å². The first-order chi connectivity index (χ1) is 9.43. The Hall–Kier alpha value is -1.26. The second-order valence-electron chi connectivity index (χ2n) is 4.82. The van der Waals surface area contributed by atoms with Gasteiger partial charge in [-0.05, 0) is 31.0 Å². The minimum atomic E-state index is -0.849. The lowest BCUT2D eigenvalue weighted by atomic mass is 9.88. The van der Waals surface area contributed by atoms with Gasteiger partial charge >= 0.3 is 0 Å². The third kappa shape index (κ3) is 2.50. The Labute approximate surface area is 128 Å². The highest BCUT2D eigenvalue weighted by Gasteiger charge is 2.44. The summed E-state index contributed by atoms with van der Waals surface area (Å²) in [5.41, 5.74) is -0.333. The van der Waals surface area contributed by atoms with Gasteiger partial charge in [-0.25, -0.2) is 0 Å². The summed E-state index contributed by atoms with van der Waals surface area (Å²) in [5.74, 6) is -0.314. The van der Waals surface area contributed by atoms with Crippen molar-refractivity contribution < 1.29 is 9.59 Å². The number of nitrogens with zero attached hydrogens (tertiary/aromatic N) is 1. The molecule has 0 bridgehead atoms. The van der Waals surface area contributed by atoms with Crippen LogP contribution < -0.4 is 10.2 Å². The molecule has 1 saturated heterocycles. The summed E-state index contributed by atoms with van der Waals surface area (Å²) >= 11 is 12.0. The van der Waals surface area contributed by atoms with Crippen LogP contribution in [0.15, 0.2) is 18.2 Å². The molecule has 1 aliphatic rings. The third-order valence-corrected chi connectivity index (χ3v) is 4.28. The highest BCUT2D eigenvalue weighted by Crippen LogP contribution is 2.33. The third-order valence-electron chi connectivity index (χ3n) is 3.74. The largest absolute Gasteiger partial charge is 0.340 e. The van der Waals surface area contributed by atoms with Crippen molar-refractivity contribution in [3.05, 3.63) is 28.2 Å². The van der Waals surface area contributed by atoms with Gasteiger partial charge in [0.05, 0.1) is 10.7 Å². The van der Waals surface area contributed by atoms with Crippen LogP contribution in [0.3, 0.4) is 0 Å². The maximum absolute atomic E-state index is 12.7. The lowest BCUT2D eigenvalue weighted by molar-refractivity contribution is -0.136. The van der Waals surface area contributed by atoms with Crippen LogP contribution >= 0.6 is 23.2 Å². The van der Waals surface area contributed by atoms with Crippen LogP contribution in [0, 0.1) is 0 Å². The topological polar surface area (TPSA) is 49.4 Å². The minimum absolute atomic E-state index is 0.0259. The second kappa shape index (κ2) is 5.62. The van der Waals surface area contributed by atoms with E-state index in [1.54, 1.807) is 18.2 Å². The quantitative estimate of drug-likeness (QED) is 0.932. The lowest BCUT2D eigenvalue weighted by Crippen LogP contribution is -2.66. The lowest BCUT2D eigenvalue weighted by Gasteiger charge is -2.41. The number of hydrogen-bond acceptors (Lipinski definition) is 2. The van der Waals surface area contributed by atoms with Gasteiger partial charge in [0, 0.05) is 5.02 Å². The fourth-order valence-corrected chi connectivity index (χ4v) is 2.97. The van der Waals surface area contributed by atoms with Crippen LogP contribution in [0.5, 0.6) is 0 Å². The fraction of sp³-hybridized carbons (Fsp3) is 0.429. The van der Waals surface area contributed by atoms with Gasteiger partial charge < -0.3 is 5.32 Å². The minimum Gasteiger partial charge on any atom is -0.340 e. The number of hydrogen-bond donors (Lipinski definition) is 1. The molecular weight excluding hydrogens is 299 g/mol. The molecule has 1 fully saturated rings. The van der Waals surface area contributed by atoms with Crippen molar-refractivity contribution in [1.82, 2.24) is 5.32 Å². The molecule has 2 amide bonds. The maximum Gasteiger partial charge on any atom is 0.253 e. The van der Waals surface area contributed by atoms with E-state index >= 15 is 0 Å². The second-order valence-corrected chi connectivity index (χ2v) is 5.67. The molecule has 2 rings (SSSR count). The number of halogens is 2. The molecule has 1 aliphatic heterocycles. The van der Waals surface area contributed by atoms with Crippen molar-refractivity contribution in [1.29, 1.82) is 0 Å². The van der Waals surface area contributed by atoms with Crippen LogP contribution in [0.1, 0.15) is 26.7 Å². The molecule has 1 aromatic rings. The molecule has 0 aliphatic carbocycles. The van der Waals surface area contributed by atoms with E-state index in [2.05, 4.69) is 5.32 Å². The first kappa shape index (κ1) is 15.1. The van der Waals surface area contributed by atoms with Gasteiger partial charge in [-0.1, -0.05) is 37.0 Å². The molecule has 0 saturated carbocycles. The Kier molecular flexibility index (Phi) is 4.25. The van der Waals surface area contributed by atoms with Gasteiger partial charge in [0.1, 0.15) is 12.1 Å². The maximum atomic E-state index is 12.7. The zero-order valence-electron chi connectivity index (χ0n) is 11.4. The summed E-state index contributed by atoms with van der Waals surface area (Å²) in [7, 11) is 0. The summed E-state index contributed by atoms with van der Waals surface area (Å²) in [5, 5.41) is 3.66. The van der Waals surface area contributed by atoms with E-state index in [1.807, 2.05) is 13.8 Å². The number of carbonyl (C=O) groups is 2. The normalized spacial score (nSPS) is 18.1. The number of benzene rings is 1. The molecule has 1 aromatic carbocycles. The summed E-state index contributed by atoms with van der Waals surface area (Å²) < 4.78 is 0. The smallest absolute Gasteiger partial charge is 0.253 e. The van der Waals surface area contributed by atoms with Crippen LogP contribution in [0.4, 0.5) is 5.69 Å². The van der Waals surface area contributed by atoms with E-state index in [0.29, 0.717) is 28.6 Å². The van der Waals surface area contributed by atoms with Crippen molar-refractivity contribution in [2.45, 2.75) is 32.2 Å². The predicted molar refractivity (Wildman–Crippen MR) is 80.3 cm³/mol. The first-order valence-corrected chi connectivity index (χ1v) is 7.27. The van der Waals surface area contributed by atoms with Gasteiger partial charge in [0.2, 0.25) is 5.91 Å². The molecule has 4 nitrogen and oxygen atoms in total. The highest BCUT2D eigenvalue weighted by atomic mass is 35.5. The summed E-state index contributed by atoms with van der Waals surface area (Å²) in [4.78, 5) is 26.1. The monoisotopic (exact) mass is 314 g/mol. The van der Waals surface area contributed by atoms with Gasteiger partial charge in [0.15, 0.2) is 0 Å². The average Bonchev–Trinajstić information content (AvgIpc) is 2.41. The molecule has 0 spiro atoms. The molecule has 6 heteroatoms. The predicted octanol–water partition coefficient (Wildman–Crippen LogP) is 3.02. The number of anilines is 1. The summed E-state index contributed by atoms with van der Waals surface area (Å²) in [6, 6.07) is 4.89. The molecule has 0 atom stereocenters. The van der Waals surface area contributed by atoms with E-state index in [4.69, 9.17) is 23.2 Å². The first-order valence-electron chi connectivity index (χ1n) is 6.51. The van der Waals surface area contributed by atoms with Crippen molar-refractivity contribution in [3.63, 3.8) is 0 Å². The van der Waals surface area contributed by atoms with Crippen molar-refractivity contribution in [3.8, 4) is 0 Å². The van der Waals surface area contributed by atoms with E-state index in [9.17, 15) is 9.59 Å². The summed E-state index contributed by atoms with van der Waals surface area (Å²) in [6.07, 6.45) is 1.07. The van der Waals surface area contributed by atoms with Crippen LogP contribution in [0.25, 0.3) is 0 Å². The number of carbonyl (C=O) groups excluding carboxylic acids is 2. The molecule has 1 N–H and O–H groups in total. The van der Waals surface area contributed by atoms with Crippen LogP contribution in [0.2, 0.25) is 10.0 Å². The van der Waals surface area contributed by atoms with E-state index < -0.39 is 5.54 Å². The van der Waals surface area contributed by atoms with E-state index in [0.717, 1.165) is 0 Å². The van der Waals surface area contributed by atoms with Crippen LogP contribution in [-0.4, -0.2) is 23.9 Å². The Bertz CT molecular complexity index is 556. The van der Waals surface area contributed by atoms with E-state index in [-0.39, 0.29) is 18.4 Å². The highest BCUT2D eigenvalue weighted by molar-refractivity contribution is 6.37. The molecule has 0 aromatic heterocycles. The number of nitrogens with one attached hydrogen (secondary N) is 1. The zero-order valence-corrected chi connectivity index (χ0v) is 12.9. The Morgan fingerprint density at radius 3 is 2.45 bits per heavy atom.